The quantitative estimate of drug-likeness (QED) is 0.940. The fraction of sp³-hybridized carbons (Fsp3) is 0.500. The first-order valence-corrected chi connectivity index (χ1v) is 7.31. The molecule has 1 fully saturated rings. The van der Waals surface area contributed by atoms with Crippen LogP contribution in [0.15, 0.2) is 28.7 Å². The number of fused-ring (bicyclic) bond motifs is 1. The van der Waals surface area contributed by atoms with Crippen LogP contribution in [0.2, 0.25) is 0 Å². The number of halogens is 1. The van der Waals surface area contributed by atoms with E-state index in [4.69, 9.17) is 19.6 Å². The fourth-order valence-corrected chi connectivity index (χ4v) is 3.00. The molecule has 4 nitrogen and oxygen atoms in total. The molecule has 1 aliphatic heterocycles. The highest BCUT2D eigenvalue weighted by Crippen LogP contribution is 2.38. The van der Waals surface area contributed by atoms with Gasteiger partial charge in [-0.25, -0.2) is 4.39 Å². The van der Waals surface area contributed by atoms with Crippen LogP contribution in [0.1, 0.15) is 31.6 Å². The molecule has 0 spiro atoms. The number of hydrogen-bond acceptors (Lipinski definition) is 4. The molecule has 0 radical (unpaired) electrons. The Labute approximate surface area is 123 Å². The number of ether oxygens (including phenoxy) is 2. The molecule has 1 aromatic heterocycles. The predicted octanol–water partition coefficient (Wildman–Crippen LogP) is 3.16. The lowest BCUT2D eigenvalue weighted by Crippen LogP contribution is -2.48. The summed E-state index contributed by atoms with van der Waals surface area (Å²) in [4.78, 5) is 0. The number of furan rings is 1. The van der Waals surface area contributed by atoms with Crippen LogP contribution >= 0.6 is 0 Å². The molecule has 1 aliphatic rings. The lowest BCUT2D eigenvalue weighted by atomic mass is 9.85. The Morgan fingerprint density at radius 3 is 2.81 bits per heavy atom. The standard InChI is InChI=1S/C16H20FNO3/c1-2-20-16(5-7-19-8-6-16)15(18)14-10-11-9-12(17)3-4-13(11)21-14/h3-4,9-10,15H,2,5-8,18H2,1H3. The van der Waals surface area contributed by atoms with Gasteiger partial charge in [-0.3, -0.25) is 0 Å². The summed E-state index contributed by atoms with van der Waals surface area (Å²) in [6.45, 7) is 3.80. The highest BCUT2D eigenvalue weighted by molar-refractivity contribution is 5.78. The Kier molecular flexibility index (Phi) is 3.97. The molecule has 0 bridgehead atoms. The van der Waals surface area contributed by atoms with Crippen molar-refractivity contribution in [1.82, 2.24) is 0 Å². The van der Waals surface area contributed by atoms with Gasteiger partial charge < -0.3 is 19.6 Å². The molecule has 1 saturated heterocycles. The summed E-state index contributed by atoms with van der Waals surface area (Å²) < 4.78 is 30.5. The molecule has 2 heterocycles. The molecule has 21 heavy (non-hydrogen) atoms. The summed E-state index contributed by atoms with van der Waals surface area (Å²) in [7, 11) is 0. The molecule has 114 valence electrons. The second-order valence-corrected chi connectivity index (χ2v) is 5.42. The number of nitrogens with two attached hydrogens (primary N) is 1. The summed E-state index contributed by atoms with van der Waals surface area (Å²) in [5.74, 6) is 0.347. The first-order valence-electron chi connectivity index (χ1n) is 7.31. The van der Waals surface area contributed by atoms with Gasteiger partial charge >= 0.3 is 0 Å². The van der Waals surface area contributed by atoms with Gasteiger partial charge in [0.2, 0.25) is 0 Å². The van der Waals surface area contributed by atoms with E-state index in [1.807, 2.05) is 6.92 Å². The van der Waals surface area contributed by atoms with Crippen LogP contribution in [-0.2, 0) is 9.47 Å². The van der Waals surface area contributed by atoms with Crippen molar-refractivity contribution in [3.63, 3.8) is 0 Å². The second kappa shape index (κ2) is 5.75. The Balaban J connectivity index is 1.95. The molecule has 3 rings (SSSR count). The summed E-state index contributed by atoms with van der Waals surface area (Å²) in [5.41, 5.74) is 6.59. The smallest absolute Gasteiger partial charge is 0.134 e. The van der Waals surface area contributed by atoms with E-state index in [-0.39, 0.29) is 5.82 Å². The summed E-state index contributed by atoms with van der Waals surface area (Å²) >= 11 is 0. The van der Waals surface area contributed by atoms with E-state index in [0.717, 1.165) is 18.2 Å². The monoisotopic (exact) mass is 293 g/mol. The minimum atomic E-state index is -0.473. The first kappa shape index (κ1) is 14.5. The van der Waals surface area contributed by atoms with Gasteiger partial charge in [-0.2, -0.15) is 0 Å². The van der Waals surface area contributed by atoms with Crippen LogP contribution < -0.4 is 5.73 Å². The lowest BCUT2D eigenvalue weighted by Gasteiger charge is -2.40. The molecular formula is C16H20FNO3. The average Bonchev–Trinajstić information content (AvgIpc) is 2.90. The van der Waals surface area contributed by atoms with E-state index in [0.29, 0.717) is 31.2 Å². The minimum absolute atomic E-state index is 0.283. The molecule has 0 saturated carbocycles. The van der Waals surface area contributed by atoms with Crippen LogP contribution in [-0.4, -0.2) is 25.4 Å². The van der Waals surface area contributed by atoms with E-state index in [1.54, 1.807) is 12.1 Å². The molecule has 0 amide bonds. The Morgan fingerprint density at radius 2 is 2.10 bits per heavy atom. The van der Waals surface area contributed by atoms with Gasteiger partial charge in [-0.15, -0.1) is 0 Å². The van der Waals surface area contributed by atoms with Crippen molar-refractivity contribution in [3.8, 4) is 0 Å². The van der Waals surface area contributed by atoms with Crippen LogP contribution in [0.5, 0.6) is 0 Å². The van der Waals surface area contributed by atoms with Crippen LogP contribution in [0.25, 0.3) is 11.0 Å². The number of benzene rings is 1. The highest BCUT2D eigenvalue weighted by atomic mass is 19.1. The second-order valence-electron chi connectivity index (χ2n) is 5.42. The van der Waals surface area contributed by atoms with E-state index in [9.17, 15) is 4.39 Å². The normalized spacial score (nSPS) is 19.8. The Morgan fingerprint density at radius 1 is 1.33 bits per heavy atom. The molecular weight excluding hydrogens is 273 g/mol. The van der Waals surface area contributed by atoms with Gasteiger partial charge in [0.1, 0.15) is 17.2 Å². The van der Waals surface area contributed by atoms with Gasteiger partial charge in [0, 0.05) is 38.0 Å². The third-order valence-corrected chi connectivity index (χ3v) is 4.14. The third kappa shape index (κ3) is 2.69. The summed E-state index contributed by atoms with van der Waals surface area (Å²) in [6.07, 6.45) is 1.46. The van der Waals surface area contributed by atoms with Crippen molar-refractivity contribution in [3.05, 3.63) is 35.8 Å². The van der Waals surface area contributed by atoms with Crippen molar-refractivity contribution < 1.29 is 18.3 Å². The molecule has 2 aromatic rings. The van der Waals surface area contributed by atoms with Crippen molar-refractivity contribution in [2.75, 3.05) is 19.8 Å². The van der Waals surface area contributed by atoms with Crippen molar-refractivity contribution >= 4 is 11.0 Å². The van der Waals surface area contributed by atoms with E-state index in [1.165, 1.54) is 12.1 Å². The summed E-state index contributed by atoms with van der Waals surface area (Å²) in [5, 5.41) is 0.721. The van der Waals surface area contributed by atoms with Crippen LogP contribution in [0.4, 0.5) is 4.39 Å². The summed E-state index contributed by atoms with van der Waals surface area (Å²) in [6, 6.07) is 5.87. The number of hydrogen-bond donors (Lipinski definition) is 1. The molecule has 1 aromatic carbocycles. The van der Waals surface area contributed by atoms with Gasteiger partial charge in [0.15, 0.2) is 0 Å². The molecule has 1 unspecified atom stereocenters. The van der Waals surface area contributed by atoms with Crippen LogP contribution in [0, 0.1) is 5.82 Å². The maximum absolute atomic E-state index is 13.3. The Hall–Kier alpha value is -1.43. The predicted molar refractivity (Wildman–Crippen MR) is 77.5 cm³/mol. The van der Waals surface area contributed by atoms with Crippen molar-refractivity contribution in [2.24, 2.45) is 5.73 Å². The van der Waals surface area contributed by atoms with Crippen molar-refractivity contribution in [1.29, 1.82) is 0 Å². The number of rotatable bonds is 4. The third-order valence-electron chi connectivity index (χ3n) is 4.14. The van der Waals surface area contributed by atoms with Gasteiger partial charge in [-0.05, 0) is 31.2 Å². The zero-order chi connectivity index (χ0) is 14.9. The topological polar surface area (TPSA) is 57.6 Å². The molecule has 5 heteroatoms. The first-order chi connectivity index (χ1) is 10.1. The molecule has 0 aliphatic carbocycles. The average molecular weight is 293 g/mol. The Bertz CT molecular complexity index is 613. The van der Waals surface area contributed by atoms with E-state index >= 15 is 0 Å². The fourth-order valence-electron chi connectivity index (χ4n) is 3.00. The van der Waals surface area contributed by atoms with Gasteiger partial charge in [0.05, 0.1) is 11.6 Å². The van der Waals surface area contributed by atoms with Gasteiger partial charge in [-0.1, -0.05) is 0 Å². The molecule has 2 N–H and O–H groups in total. The maximum atomic E-state index is 13.3. The maximum Gasteiger partial charge on any atom is 0.134 e. The van der Waals surface area contributed by atoms with Gasteiger partial charge in [0.25, 0.3) is 0 Å². The van der Waals surface area contributed by atoms with Crippen molar-refractivity contribution in [2.45, 2.75) is 31.4 Å². The minimum Gasteiger partial charge on any atom is -0.459 e. The largest absolute Gasteiger partial charge is 0.459 e. The SMILES string of the molecule is CCOC1(C(N)c2cc3cc(F)ccc3o2)CCOCC1. The van der Waals surface area contributed by atoms with E-state index < -0.39 is 11.6 Å². The van der Waals surface area contributed by atoms with Crippen LogP contribution in [0.3, 0.4) is 0 Å². The zero-order valence-corrected chi connectivity index (χ0v) is 12.1. The van der Waals surface area contributed by atoms with E-state index in [2.05, 4.69) is 0 Å². The lowest BCUT2D eigenvalue weighted by molar-refractivity contribution is -0.124. The zero-order valence-electron chi connectivity index (χ0n) is 12.1. The highest BCUT2D eigenvalue weighted by Gasteiger charge is 2.41. The molecule has 1 atom stereocenters.